The van der Waals surface area contributed by atoms with Crippen LogP contribution in [0.3, 0.4) is 0 Å². The summed E-state index contributed by atoms with van der Waals surface area (Å²) in [6, 6.07) is 2.28. The summed E-state index contributed by atoms with van der Waals surface area (Å²) < 4.78 is 7.24. The summed E-state index contributed by atoms with van der Waals surface area (Å²) in [5, 5.41) is 8.14. The zero-order chi connectivity index (χ0) is 14.8. The molecule has 0 aromatic carbocycles. The van der Waals surface area contributed by atoms with E-state index in [2.05, 4.69) is 41.9 Å². The molecule has 0 fully saturated rings. The first-order chi connectivity index (χ1) is 9.74. The zero-order valence-electron chi connectivity index (χ0n) is 13.6. The molecule has 4 nitrogen and oxygen atoms in total. The fourth-order valence-corrected chi connectivity index (χ4v) is 2.59. The number of aromatic nitrogens is 2. The van der Waals surface area contributed by atoms with Crippen molar-refractivity contribution in [3.05, 3.63) is 17.5 Å². The summed E-state index contributed by atoms with van der Waals surface area (Å²) in [5.74, 6) is 0.684. The smallest absolute Gasteiger partial charge is 0.0624 e. The van der Waals surface area contributed by atoms with Crippen molar-refractivity contribution >= 4 is 0 Å². The van der Waals surface area contributed by atoms with E-state index in [-0.39, 0.29) is 0 Å². The van der Waals surface area contributed by atoms with Crippen LogP contribution in [0.5, 0.6) is 0 Å². The molecule has 1 aromatic heterocycles. The third-order valence-corrected chi connectivity index (χ3v) is 3.69. The molecule has 0 saturated heterocycles. The molecule has 0 aliphatic carbocycles. The molecule has 1 heterocycles. The number of hydrogen-bond acceptors (Lipinski definition) is 3. The van der Waals surface area contributed by atoms with Gasteiger partial charge >= 0.3 is 0 Å². The van der Waals surface area contributed by atoms with E-state index in [1.54, 1.807) is 7.11 Å². The van der Waals surface area contributed by atoms with E-state index in [0.717, 1.165) is 39.1 Å². The fraction of sp³-hybridized carbons (Fsp3) is 0.812. The molecule has 0 amide bonds. The molecule has 1 N–H and O–H groups in total. The second-order valence-corrected chi connectivity index (χ2v) is 5.35. The van der Waals surface area contributed by atoms with Crippen LogP contribution >= 0.6 is 0 Å². The Bertz CT molecular complexity index is 363. The van der Waals surface area contributed by atoms with Crippen molar-refractivity contribution in [1.29, 1.82) is 0 Å². The van der Waals surface area contributed by atoms with Gasteiger partial charge in [0.25, 0.3) is 0 Å². The highest BCUT2D eigenvalue weighted by Crippen LogP contribution is 2.15. The summed E-state index contributed by atoms with van der Waals surface area (Å²) in [7, 11) is 1.75. The van der Waals surface area contributed by atoms with Crippen LogP contribution in [0.25, 0.3) is 0 Å². The molecule has 1 atom stereocenters. The van der Waals surface area contributed by atoms with Crippen LogP contribution in [0.1, 0.15) is 45.0 Å². The fourth-order valence-electron chi connectivity index (χ4n) is 2.59. The lowest BCUT2D eigenvalue weighted by atomic mass is 9.97. The van der Waals surface area contributed by atoms with E-state index in [4.69, 9.17) is 4.74 Å². The first-order valence-electron chi connectivity index (χ1n) is 8.00. The quantitative estimate of drug-likeness (QED) is 0.634. The minimum absolute atomic E-state index is 0.684. The summed E-state index contributed by atoms with van der Waals surface area (Å²) in [5.41, 5.74) is 2.60. The number of rotatable bonds is 11. The summed E-state index contributed by atoms with van der Waals surface area (Å²) >= 11 is 0. The summed E-state index contributed by atoms with van der Waals surface area (Å²) in [6.07, 6.45) is 4.63. The predicted molar refractivity (Wildman–Crippen MR) is 84.1 cm³/mol. The van der Waals surface area contributed by atoms with E-state index in [1.165, 1.54) is 24.2 Å². The number of hydrogen-bond donors (Lipinski definition) is 1. The minimum atomic E-state index is 0.684. The number of aryl methyl sites for hydroxylation is 2. The lowest BCUT2D eigenvalue weighted by Crippen LogP contribution is -2.27. The Morgan fingerprint density at radius 3 is 2.75 bits per heavy atom. The van der Waals surface area contributed by atoms with Gasteiger partial charge in [0, 0.05) is 25.9 Å². The molecule has 20 heavy (non-hydrogen) atoms. The van der Waals surface area contributed by atoms with Gasteiger partial charge in [0.15, 0.2) is 0 Å². The van der Waals surface area contributed by atoms with Gasteiger partial charge in [-0.2, -0.15) is 5.10 Å². The maximum Gasteiger partial charge on any atom is 0.0624 e. The molecule has 0 spiro atoms. The minimum Gasteiger partial charge on any atom is -0.383 e. The van der Waals surface area contributed by atoms with Crippen LogP contribution in [0.15, 0.2) is 6.07 Å². The van der Waals surface area contributed by atoms with E-state index >= 15 is 0 Å². The van der Waals surface area contributed by atoms with Crippen molar-refractivity contribution in [2.75, 3.05) is 26.8 Å². The number of nitrogens with zero attached hydrogens (tertiary/aromatic N) is 2. The number of ether oxygens (including phenoxy) is 1. The highest BCUT2D eigenvalue weighted by Gasteiger charge is 2.13. The van der Waals surface area contributed by atoms with Gasteiger partial charge in [-0.1, -0.05) is 20.3 Å². The Hall–Kier alpha value is -0.870. The Kier molecular flexibility index (Phi) is 8.54. The maximum absolute atomic E-state index is 5.08. The molecule has 116 valence electrons. The average Bonchev–Trinajstić information content (AvgIpc) is 2.86. The Labute approximate surface area is 123 Å². The molecule has 0 aliphatic rings. The van der Waals surface area contributed by atoms with Gasteiger partial charge in [-0.25, -0.2) is 0 Å². The number of methoxy groups -OCH3 is 1. The van der Waals surface area contributed by atoms with Crippen LogP contribution in [-0.4, -0.2) is 36.6 Å². The van der Waals surface area contributed by atoms with Gasteiger partial charge < -0.3 is 10.1 Å². The largest absolute Gasteiger partial charge is 0.383 e. The first kappa shape index (κ1) is 17.2. The summed E-state index contributed by atoms with van der Waals surface area (Å²) in [4.78, 5) is 0. The van der Waals surface area contributed by atoms with Gasteiger partial charge in [-0.15, -0.1) is 0 Å². The van der Waals surface area contributed by atoms with Gasteiger partial charge in [0.05, 0.1) is 12.3 Å². The number of nitrogens with one attached hydrogen (secondary N) is 1. The van der Waals surface area contributed by atoms with Crippen molar-refractivity contribution in [1.82, 2.24) is 15.1 Å². The molecular formula is C16H31N3O. The van der Waals surface area contributed by atoms with E-state index in [0.29, 0.717) is 5.92 Å². The predicted octanol–water partition coefficient (Wildman–Crippen LogP) is 2.66. The van der Waals surface area contributed by atoms with Crippen LogP contribution in [0.2, 0.25) is 0 Å². The monoisotopic (exact) mass is 281 g/mol. The Morgan fingerprint density at radius 2 is 2.15 bits per heavy atom. The van der Waals surface area contributed by atoms with Crippen LogP contribution in [-0.2, 0) is 24.1 Å². The average molecular weight is 281 g/mol. The van der Waals surface area contributed by atoms with Crippen molar-refractivity contribution in [3.63, 3.8) is 0 Å². The topological polar surface area (TPSA) is 39.1 Å². The second kappa shape index (κ2) is 9.94. The molecule has 4 heteroatoms. The molecule has 0 radical (unpaired) electrons. The van der Waals surface area contributed by atoms with E-state index in [1.807, 2.05) is 0 Å². The summed E-state index contributed by atoms with van der Waals surface area (Å²) in [6.45, 7) is 10.3. The maximum atomic E-state index is 5.08. The van der Waals surface area contributed by atoms with Gasteiger partial charge in [0.2, 0.25) is 0 Å². The van der Waals surface area contributed by atoms with Gasteiger partial charge in [-0.05, 0) is 44.7 Å². The second-order valence-electron chi connectivity index (χ2n) is 5.35. The zero-order valence-corrected chi connectivity index (χ0v) is 13.6. The highest BCUT2D eigenvalue weighted by atomic mass is 16.5. The molecule has 0 saturated carbocycles. The van der Waals surface area contributed by atoms with Crippen molar-refractivity contribution in [3.8, 4) is 0 Å². The molecule has 0 aliphatic heterocycles. The van der Waals surface area contributed by atoms with Crippen molar-refractivity contribution in [2.24, 2.45) is 5.92 Å². The van der Waals surface area contributed by atoms with Gasteiger partial charge in [0.1, 0.15) is 0 Å². The molecular weight excluding hydrogens is 250 g/mol. The molecule has 1 aromatic rings. The lowest BCUT2D eigenvalue weighted by Gasteiger charge is -2.17. The standard InChI is InChI=1S/C16H31N3O/c1-5-8-14(13-17-9-10-20-4)11-16-12-15(6-2)18-19(16)7-3/h12,14,17H,5-11,13H2,1-4H3. The lowest BCUT2D eigenvalue weighted by molar-refractivity contribution is 0.197. The van der Waals surface area contributed by atoms with Crippen LogP contribution in [0, 0.1) is 5.92 Å². The highest BCUT2D eigenvalue weighted by molar-refractivity contribution is 5.11. The first-order valence-corrected chi connectivity index (χ1v) is 8.00. The molecule has 1 rings (SSSR count). The van der Waals surface area contributed by atoms with Crippen molar-refractivity contribution in [2.45, 2.75) is 53.0 Å². The van der Waals surface area contributed by atoms with Crippen LogP contribution < -0.4 is 5.32 Å². The Balaban J connectivity index is 2.57. The molecule has 0 bridgehead atoms. The Morgan fingerprint density at radius 1 is 1.35 bits per heavy atom. The van der Waals surface area contributed by atoms with Gasteiger partial charge in [-0.3, -0.25) is 4.68 Å². The van der Waals surface area contributed by atoms with Crippen molar-refractivity contribution < 1.29 is 4.74 Å². The molecule has 1 unspecified atom stereocenters. The van der Waals surface area contributed by atoms with Crippen LogP contribution in [0.4, 0.5) is 0 Å². The van der Waals surface area contributed by atoms with E-state index in [9.17, 15) is 0 Å². The normalized spacial score (nSPS) is 12.8. The van der Waals surface area contributed by atoms with E-state index < -0.39 is 0 Å². The third kappa shape index (κ3) is 5.63. The SMILES string of the molecule is CCCC(CNCCOC)Cc1cc(CC)nn1CC. The third-order valence-electron chi connectivity index (χ3n) is 3.69.